The third kappa shape index (κ3) is 4.79. The third-order valence-electron chi connectivity index (χ3n) is 3.11. The lowest BCUT2D eigenvalue weighted by Crippen LogP contribution is -2.37. The fourth-order valence-electron chi connectivity index (χ4n) is 2.16. The fourth-order valence-corrected chi connectivity index (χ4v) is 2.38. The van der Waals surface area contributed by atoms with Gasteiger partial charge in [-0.3, -0.25) is 4.79 Å². The Kier molecular flexibility index (Phi) is 5.22. The average Bonchev–Trinajstić information content (AvgIpc) is 2.42. The van der Waals surface area contributed by atoms with E-state index in [1.165, 1.54) is 6.92 Å². The Hall–Kier alpha value is -2.01. The second-order valence-electron chi connectivity index (χ2n) is 4.94. The largest absolute Gasteiger partial charge is 0.332 e. The maximum absolute atomic E-state index is 11.9. The van der Waals surface area contributed by atoms with Gasteiger partial charge in [-0.05, 0) is 37.5 Å². The number of urea groups is 1. The van der Waals surface area contributed by atoms with E-state index in [-0.39, 0.29) is 18.0 Å². The molecule has 2 rings (SSSR count). The van der Waals surface area contributed by atoms with Gasteiger partial charge in [-0.25, -0.2) is 4.79 Å². The molecule has 0 fully saturated rings. The molecule has 5 nitrogen and oxygen atoms in total. The molecule has 1 atom stereocenters. The second kappa shape index (κ2) is 7.13. The van der Waals surface area contributed by atoms with Gasteiger partial charge in [0.1, 0.15) is 0 Å². The summed E-state index contributed by atoms with van der Waals surface area (Å²) >= 11 is 6.09. The highest BCUT2D eigenvalue weighted by molar-refractivity contribution is 6.34. The van der Waals surface area contributed by atoms with Crippen molar-refractivity contribution in [2.45, 2.75) is 32.2 Å². The van der Waals surface area contributed by atoms with Crippen LogP contribution in [0.25, 0.3) is 0 Å². The van der Waals surface area contributed by atoms with Gasteiger partial charge in [0.15, 0.2) is 0 Å². The topological polar surface area (TPSA) is 70.2 Å². The number of allylic oxidation sites excluding steroid dienone is 1. The van der Waals surface area contributed by atoms with E-state index in [1.807, 2.05) is 6.08 Å². The molecule has 0 saturated carbocycles. The van der Waals surface area contributed by atoms with Crippen molar-refractivity contribution in [2.75, 3.05) is 10.6 Å². The SMILES string of the molecule is CC(=O)Nc1ccc(NC(=O)NC2C=CCCC2)c(Cl)c1. The predicted molar refractivity (Wildman–Crippen MR) is 84.7 cm³/mol. The van der Waals surface area contributed by atoms with Crippen LogP contribution in [0.2, 0.25) is 5.02 Å². The summed E-state index contributed by atoms with van der Waals surface area (Å²) in [6.45, 7) is 1.42. The number of carbonyl (C=O) groups is 2. The Morgan fingerprint density at radius 1 is 1.29 bits per heavy atom. The molecule has 0 radical (unpaired) electrons. The van der Waals surface area contributed by atoms with Crippen LogP contribution in [0.3, 0.4) is 0 Å². The summed E-state index contributed by atoms with van der Waals surface area (Å²) in [7, 11) is 0. The van der Waals surface area contributed by atoms with Crippen LogP contribution in [0.15, 0.2) is 30.4 Å². The maximum Gasteiger partial charge on any atom is 0.319 e. The highest BCUT2D eigenvalue weighted by Crippen LogP contribution is 2.25. The van der Waals surface area contributed by atoms with Crippen molar-refractivity contribution >= 4 is 34.9 Å². The lowest BCUT2D eigenvalue weighted by Gasteiger charge is -2.18. The Labute approximate surface area is 128 Å². The van der Waals surface area contributed by atoms with Crippen molar-refractivity contribution in [1.29, 1.82) is 0 Å². The van der Waals surface area contributed by atoms with E-state index in [0.717, 1.165) is 19.3 Å². The number of rotatable bonds is 3. The van der Waals surface area contributed by atoms with Crippen molar-refractivity contribution in [2.24, 2.45) is 0 Å². The molecular weight excluding hydrogens is 290 g/mol. The van der Waals surface area contributed by atoms with Crippen LogP contribution < -0.4 is 16.0 Å². The Morgan fingerprint density at radius 3 is 2.71 bits per heavy atom. The first-order valence-electron chi connectivity index (χ1n) is 6.86. The molecule has 0 aliphatic heterocycles. The first kappa shape index (κ1) is 15.4. The standard InChI is InChI=1S/C15H18ClN3O2/c1-10(20)17-12-7-8-14(13(16)9-12)19-15(21)18-11-5-3-2-4-6-11/h3,5,7-9,11H,2,4,6H2,1H3,(H,17,20)(H2,18,19,21). The molecular formula is C15H18ClN3O2. The maximum atomic E-state index is 11.9. The monoisotopic (exact) mass is 307 g/mol. The quantitative estimate of drug-likeness (QED) is 0.748. The van der Waals surface area contributed by atoms with Crippen LogP contribution in [0.1, 0.15) is 26.2 Å². The van der Waals surface area contributed by atoms with Gasteiger partial charge in [0.05, 0.1) is 10.7 Å². The summed E-state index contributed by atoms with van der Waals surface area (Å²) in [5, 5.41) is 8.59. The molecule has 1 aromatic carbocycles. The molecule has 0 saturated heterocycles. The second-order valence-corrected chi connectivity index (χ2v) is 5.35. The number of amides is 3. The van der Waals surface area contributed by atoms with E-state index in [0.29, 0.717) is 16.4 Å². The minimum Gasteiger partial charge on any atom is -0.332 e. The highest BCUT2D eigenvalue weighted by Gasteiger charge is 2.12. The first-order valence-corrected chi connectivity index (χ1v) is 7.24. The Balaban J connectivity index is 1.95. The summed E-state index contributed by atoms with van der Waals surface area (Å²) in [4.78, 5) is 22.9. The zero-order valence-corrected chi connectivity index (χ0v) is 12.5. The van der Waals surface area contributed by atoms with Crippen molar-refractivity contribution in [3.8, 4) is 0 Å². The van der Waals surface area contributed by atoms with Crippen LogP contribution in [-0.4, -0.2) is 18.0 Å². The molecule has 112 valence electrons. The zero-order chi connectivity index (χ0) is 15.2. The molecule has 0 bridgehead atoms. The highest BCUT2D eigenvalue weighted by atomic mass is 35.5. The fraction of sp³-hybridized carbons (Fsp3) is 0.333. The first-order chi connectivity index (χ1) is 10.0. The molecule has 3 amide bonds. The zero-order valence-electron chi connectivity index (χ0n) is 11.8. The van der Waals surface area contributed by atoms with Crippen molar-refractivity contribution in [3.05, 3.63) is 35.4 Å². The number of hydrogen-bond acceptors (Lipinski definition) is 2. The number of halogens is 1. The minimum atomic E-state index is -0.291. The van der Waals surface area contributed by atoms with Crippen molar-refractivity contribution in [1.82, 2.24) is 5.32 Å². The number of carbonyl (C=O) groups excluding carboxylic acids is 2. The van der Waals surface area contributed by atoms with Crippen LogP contribution in [0, 0.1) is 0 Å². The molecule has 1 aliphatic carbocycles. The van der Waals surface area contributed by atoms with Gasteiger partial charge in [0.2, 0.25) is 5.91 Å². The van der Waals surface area contributed by atoms with E-state index in [1.54, 1.807) is 18.2 Å². The van der Waals surface area contributed by atoms with Gasteiger partial charge < -0.3 is 16.0 Å². The molecule has 6 heteroatoms. The van der Waals surface area contributed by atoms with Gasteiger partial charge in [-0.15, -0.1) is 0 Å². The van der Waals surface area contributed by atoms with Crippen molar-refractivity contribution < 1.29 is 9.59 Å². The smallest absolute Gasteiger partial charge is 0.319 e. The molecule has 21 heavy (non-hydrogen) atoms. The third-order valence-corrected chi connectivity index (χ3v) is 3.42. The Bertz CT molecular complexity index is 572. The van der Waals surface area contributed by atoms with Crippen LogP contribution in [-0.2, 0) is 4.79 Å². The van der Waals surface area contributed by atoms with Gasteiger partial charge in [-0.2, -0.15) is 0 Å². The van der Waals surface area contributed by atoms with Gasteiger partial charge >= 0.3 is 6.03 Å². The van der Waals surface area contributed by atoms with Crippen LogP contribution >= 0.6 is 11.6 Å². The predicted octanol–water partition coefficient (Wildman–Crippen LogP) is 3.53. The summed E-state index contributed by atoms with van der Waals surface area (Å²) in [6.07, 6.45) is 7.16. The van der Waals surface area contributed by atoms with Gasteiger partial charge in [-0.1, -0.05) is 23.8 Å². The van der Waals surface area contributed by atoms with Gasteiger partial charge in [0, 0.05) is 18.7 Å². The molecule has 0 spiro atoms. The van der Waals surface area contributed by atoms with Crippen LogP contribution in [0.4, 0.5) is 16.2 Å². The lowest BCUT2D eigenvalue weighted by atomic mass is 10.0. The number of anilines is 2. The summed E-state index contributed by atoms with van der Waals surface area (Å²) < 4.78 is 0. The summed E-state index contributed by atoms with van der Waals surface area (Å²) in [5.41, 5.74) is 1.09. The van der Waals surface area contributed by atoms with Crippen LogP contribution in [0.5, 0.6) is 0 Å². The Morgan fingerprint density at radius 2 is 2.10 bits per heavy atom. The normalized spacial score (nSPS) is 17.1. The number of nitrogens with one attached hydrogen (secondary N) is 3. The molecule has 0 aromatic heterocycles. The molecule has 0 heterocycles. The van der Waals surface area contributed by atoms with E-state index in [2.05, 4.69) is 22.0 Å². The summed E-state index contributed by atoms with van der Waals surface area (Å²) in [5.74, 6) is -0.173. The lowest BCUT2D eigenvalue weighted by molar-refractivity contribution is -0.114. The number of hydrogen-bond donors (Lipinski definition) is 3. The van der Waals surface area contributed by atoms with E-state index in [9.17, 15) is 9.59 Å². The van der Waals surface area contributed by atoms with E-state index >= 15 is 0 Å². The van der Waals surface area contributed by atoms with E-state index < -0.39 is 0 Å². The molecule has 3 N–H and O–H groups in total. The van der Waals surface area contributed by atoms with E-state index in [4.69, 9.17) is 11.6 Å². The number of benzene rings is 1. The molecule has 1 aromatic rings. The minimum absolute atomic E-state index is 0.0659. The summed E-state index contributed by atoms with van der Waals surface area (Å²) in [6, 6.07) is 4.71. The van der Waals surface area contributed by atoms with Crippen molar-refractivity contribution in [3.63, 3.8) is 0 Å². The molecule has 1 aliphatic rings. The average molecular weight is 308 g/mol. The van der Waals surface area contributed by atoms with Gasteiger partial charge in [0.25, 0.3) is 0 Å². The molecule has 1 unspecified atom stereocenters.